The number of carboxylic acids is 1. The molecule has 0 bridgehead atoms. The fraction of sp³-hybridized carbons (Fsp3) is 0.500. The summed E-state index contributed by atoms with van der Waals surface area (Å²) in [6, 6.07) is 7.81. The van der Waals surface area contributed by atoms with Gasteiger partial charge < -0.3 is 10.4 Å². The van der Waals surface area contributed by atoms with Crippen molar-refractivity contribution in [1.29, 1.82) is 5.26 Å². The Labute approximate surface area is 129 Å². The molecule has 0 spiro atoms. The third kappa shape index (κ3) is 3.33. The average Bonchev–Trinajstić information content (AvgIpc) is 2.49. The molecule has 2 rings (SSSR count). The maximum absolute atomic E-state index is 11.7. The van der Waals surface area contributed by atoms with E-state index in [9.17, 15) is 15.2 Å². The number of hydrogen-bond donors (Lipinski definition) is 2. The van der Waals surface area contributed by atoms with Crippen molar-refractivity contribution in [2.45, 2.75) is 49.5 Å². The summed E-state index contributed by atoms with van der Waals surface area (Å²) in [5, 5.41) is 22.2. The highest BCUT2D eigenvalue weighted by atomic mass is 32.2. The first-order chi connectivity index (χ1) is 10.1. The second kappa shape index (κ2) is 6.86. The fourth-order valence-corrected chi connectivity index (χ4v) is 3.62. The SMILES string of the molecule is CCSc1cccc(NC2(C(=O)O)CCCCC2)c1C#N. The van der Waals surface area contributed by atoms with Gasteiger partial charge in [-0.25, -0.2) is 4.79 Å². The fourth-order valence-electron chi connectivity index (χ4n) is 2.83. The standard InChI is InChI=1S/C16H20N2O2S/c1-2-21-14-8-6-7-13(12(14)11-17)18-16(15(19)20)9-4-3-5-10-16/h6-8,18H,2-5,9-10H2,1H3,(H,19,20). The molecule has 21 heavy (non-hydrogen) atoms. The molecule has 2 N–H and O–H groups in total. The number of anilines is 1. The van der Waals surface area contributed by atoms with Crippen LogP contribution in [0.5, 0.6) is 0 Å². The number of hydrogen-bond acceptors (Lipinski definition) is 4. The first-order valence-electron chi connectivity index (χ1n) is 7.30. The molecule has 4 nitrogen and oxygen atoms in total. The Hall–Kier alpha value is -1.67. The maximum atomic E-state index is 11.7. The van der Waals surface area contributed by atoms with Crippen molar-refractivity contribution < 1.29 is 9.90 Å². The van der Waals surface area contributed by atoms with Crippen LogP contribution < -0.4 is 5.32 Å². The molecule has 112 valence electrons. The molecular weight excluding hydrogens is 284 g/mol. The zero-order valence-corrected chi connectivity index (χ0v) is 13.0. The van der Waals surface area contributed by atoms with E-state index in [1.165, 1.54) is 0 Å². The molecule has 0 aromatic heterocycles. The molecule has 1 saturated carbocycles. The van der Waals surface area contributed by atoms with E-state index in [0.29, 0.717) is 24.1 Å². The molecule has 0 aliphatic heterocycles. The van der Waals surface area contributed by atoms with Gasteiger partial charge in [-0.1, -0.05) is 32.3 Å². The van der Waals surface area contributed by atoms with Crippen molar-refractivity contribution in [2.24, 2.45) is 0 Å². The molecule has 5 heteroatoms. The van der Waals surface area contributed by atoms with E-state index in [-0.39, 0.29) is 0 Å². The number of carbonyl (C=O) groups is 1. The van der Waals surface area contributed by atoms with Crippen LogP contribution >= 0.6 is 11.8 Å². The van der Waals surface area contributed by atoms with E-state index in [0.717, 1.165) is 29.9 Å². The van der Waals surface area contributed by atoms with Gasteiger partial charge in [0.2, 0.25) is 0 Å². The Morgan fingerprint density at radius 3 is 2.71 bits per heavy atom. The molecule has 1 aromatic rings. The predicted octanol–water partition coefficient (Wildman–Crippen LogP) is 3.87. The maximum Gasteiger partial charge on any atom is 0.329 e. The Bertz CT molecular complexity index is 560. The molecule has 1 fully saturated rings. The molecule has 0 unspecified atom stereocenters. The molecule has 0 amide bonds. The molecule has 0 saturated heterocycles. The van der Waals surface area contributed by atoms with Gasteiger partial charge in [0.25, 0.3) is 0 Å². The van der Waals surface area contributed by atoms with Gasteiger partial charge in [-0.2, -0.15) is 5.26 Å². The Kier molecular flexibility index (Phi) is 5.13. The van der Waals surface area contributed by atoms with E-state index in [1.54, 1.807) is 17.8 Å². The topological polar surface area (TPSA) is 73.1 Å². The first kappa shape index (κ1) is 15.7. The lowest BCUT2D eigenvalue weighted by atomic mass is 9.81. The molecule has 0 atom stereocenters. The van der Waals surface area contributed by atoms with Gasteiger partial charge in [0.1, 0.15) is 11.6 Å². The van der Waals surface area contributed by atoms with Gasteiger partial charge in [0, 0.05) is 4.90 Å². The van der Waals surface area contributed by atoms with Gasteiger partial charge in [-0.15, -0.1) is 11.8 Å². The van der Waals surface area contributed by atoms with Crippen LogP contribution in [-0.2, 0) is 4.79 Å². The number of nitriles is 1. The number of benzene rings is 1. The minimum absolute atomic E-state index is 0.551. The van der Waals surface area contributed by atoms with Crippen LogP contribution in [0.3, 0.4) is 0 Å². The number of nitrogens with zero attached hydrogens (tertiary/aromatic N) is 1. The minimum atomic E-state index is -0.931. The molecule has 0 heterocycles. The van der Waals surface area contributed by atoms with E-state index >= 15 is 0 Å². The Balaban J connectivity index is 2.35. The van der Waals surface area contributed by atoms with Crippen LogP contribution in [0.4, 0.5) is 5.69 Å². The number of thioether (sulfide) groups is 1. The van der Waals surface area contributed by atoms with Gasteiger partial charge >= 0.3 is 5.97 Å². The smallest absolute Gasteiger partial charge is 0.329 e. The highest BCUT2D eigenvalue weighted by Crippen LogP contribution is 2.35. The first-order valence-corrected chi connectivity index (χ1v) is 8.29. The van der Waals surface area contributed by atoms with Gasteiger partial charge in [-0.05, 0) is 30.7 Å². The third-order valence-corrected chi connectivity index (χ3v) is 4.87. The average molecular weight is 304 g/mol. The van der Waals surface area contributed by atoms with Crippen molar-refractivity contribution in [3.8, 4) is 6.07 Å². The Morgan fingerprint density at radius 2 is 2.14 bits per heavy atom. The van der Waals surface area contributed by atoms with Crippen LogP contribution in [0.15, 0.2) is 23.1 Å². The van der Waals surface area contributed by atoms with Crippen molar-refractivity contribution in [3.05, 3.63) is 23.8 Å². The molecule has 1 aliphatic carbocycles. The van der Waals surface area contributed by atoms with Gasteiger partial charge in [0.05, 0.1) is 11.3 Å². The van der Waals surface area contributed by atoms with Crippen LogP contribution in [0.25, 0.3) is 0 Å². The highest BCUT2D eigenvalue weighted by Gasteiger charge is 2.40. The van der Waals surface area contributed by atoms with E-state index in [2.05, 4.69) is 11.4 Å². The lowest BCUT2D eigenvalue weighted by molar-refractivity contribution is -0.143. The third-order valence-electron chi connectivity index (χ3n) is 3.93. The van der Waals surface area contributed by atoms with E-state index in [1.807, 2.05) is 19.1 Å². The summed E-state index contributed by atoms with van der Waals surface area (Å²) in [7, 11) is 0. The summed E-state index contributed by atoms with van der Waals surface area (Å²) in [6.45, 7) is 2.03. The molecule has 1 aliphatic rings. The number of nitrogens with one attached hydrogen (secondary N) is 1. The summed E-state index contributed by atoms with van der Waals surface area (Å²) >= 11 is 1.60. The zero-order chi connectivity index (χ0) is 15.3. The second-order valence-electron chi connectivity index (χ2n) is 5.30. The summed E-state index contributed by atoms with van der Waals surface area (Å²) in [4.78, 5) is 12.6. The van der Waals surface area contributed by atoms with Crippen molar-refractivity contribution in [3.63, 3.8) is 0 Å². The predicted molar refractivity (Wildman–Crippen MR) is 84.6 cm³/mol. The van der Waals surface area contributed by atoms with Crippen LogP contribution in [0, 0.1) is 11.3 Å². The summed E-state index contributed by atoms with van der Waals surface area (Å²) in [5.41, 5.74) is 0.259. The molecule has 0 radical (unpaired) electrons. The lowest BCUT2D eigenvalue weighted by Gasteiger charge is -2.35. The molecular formula is C16H20N2O2S. The van der Waals surface area contributed by atoms with Gasteiger partial charge in [0.15, 0.2) is 0 Å². The van der Waals surface area contributed by atoms with Crippen molar-refractivity contribution in [1.82, 2.24) is 0 Å². The normalized spacial score (nSPS) is 17.0. The molecule has 1 aromatic carbocycles. The monoisotopic (exact) mass is 304 g/mol. The van der Waals surface area contributed by atoms with Crippen molar-refractivity contribution >= 4 is 23.4 Å². The summed E-state index contributed by atoms with van der Waals surface area (Å²) in [5.74, 6) is 0.0574. The second-order valence-corrected chi connectivity index (χ2v) is 6.60. The summed E-state index contributed by atoms with van der Waals surface area (Å²) in [6.07, 6.45) is 4.11. The largest absolute Gasteiger partial charge is 0.480 e. The van der Waals surface area contributed by atoms with E-state index < -0.39 is 11.5 Å². The van der Waals surface area contributed by atoms with Crippen LogP contribution in [-0.4, -0.2) is 22.4 Å². The highest BCUT2D eigenvalue weighted by molar-refractivity contribution is 7.99. The number of rotatable bonds is 5. The lowest BCUT2D eigenvalue weighted by Crippen LogP contribution is -2.48. The van der Waals surface area contributed by atoms with Crippen LogP contribution in [0.1, 0.15) is 44.6 Å². The Morgan fingerprint density at radius 1 is 1.43 bits per heavy atom. The number of carboxylic acid groups (broad SMARTS) is 1. The van der Waals surface area contributed by atoms with E-state index in [4.69, 9.17) is 0 Å². The van der Waals surface area contributed by atoms with Gasteiger partial charge in [-0.3, -0.25) is 0 Å². The zero-order valence-electron chi connectivity index (χ0n) is 12.2. The quantitative estimate of drug-likeness (QED) is 0.808. The summed E-state index contributed by atoms with van der Waals surface area (Å²) < 4.78 is 0. The number of aliphatic carboxylic acids is 1. The minimum Gasteiger partial charge on any atom is -0.480 e. The van der Waals surface area contributed by atoms with Crippen molar-refractivity contribution in [2.75, 3.05) is 11.1 Å². The van der Waals surface area contributed by atoms with Crippen LogP contribution in [0.2, 0.25) is 0 Å².